The molecule has 0 nitrogen and oxygen atoms in total. The van der Waals surface area contributed by atoms with Crippen molar-refractivity contribution in [2.24, 2.45) is 0 Å². The van der Waals surface area contributed by atoms with Crippen molar-refractivity contribution in [1.82, 2.24) is 0 Å². The molecule has 1 heteroatoms. The van der Waals surface area contributed by atoms with E-state index in [9.17, 15) is 0 Å². The largest absolute Gasteiger partial charge is 0.144 e. The predicted molar refractivity (Wildman–Crippen MR) is 55.0 cm³/mol. The summed E-state index contributed by atoms with van der Waals surface area (Å²) in [6, 6.07) is 4.19. The van der Waals surface area contributed by atoms with Gasteiger partial charge < -0.3 is 0 Å². The topological polar surface area (TPSA) is 0 Å². The third kappa shape index (κ3) is 4.79. The molecular weight excluding hydrogens is 152 g/mol. The maximum absolute atomic E-state index is 2.17. The van der Waals surface area contributed by atoms with Crippen LogP contribution in [0.4, 0.5) is 0 Å². The molecule has 11 heavy (non-hydrogen) atoms. The monoisotopic (exact) mass is 168 g/mol. The van der Waals surface area contributed by atoms with Gasteiger partial charge in [0, 0.05) is 4.88 Å². The summed E-state index contributed by atoms with van der Waals surface area (Å²) in [7, 11) is 0. The molecule has 0 amide bonds. The highest BCUT2D eigenvalue weighted by Gasteiger charge is 1.81. The molecule has 0 aliphatic heterocycles. The first-order valence-electron chi connectivity index (χ1n) is 4.13. The molecule has 0 unspecified atom stereocenters. The average molecular weight is 168 g/mol. The van der Waals surface area contributed by atoms with E-state index in [0.29, 0.717) is 0 Å². The smallest absolute Gasteiger partial charge is 0.0267 e. The first kappa shape index (κ1) is 10.4. The zero-order valence-electron chi connectivity index (χ0n) is 7.50. The minimum atomic E-state index is 1.12. The van der Waals surface area contributed by atoms with Crippen LogP contribution in [-0.4, -0.2) is 0 Å². The molecule has 0 aliphatic rings. The Morgan fingerprint density at radius 3 is 2.64 bits per heavy atom. The summed E-state index contributed by atoms with van der Waals surface area (Å²) in [5.74, 6) is 0. The van der Waals surface area contributed by atoms with Crippen LogP contribution in [0.25, 0.3) is 6.08 Å². The van der Waals surface area contributed by atoms with Crippen molar-refractivity contribution in [1.29, 1.82) is 0 Å². The van der Waals surface area contributed by atoms with Gasteiger partial charge in [0.05, 0.1) is 0 Å². The molecular formula is C10H16S. The second-order valence-corrected chi connectivity index (χ2v) is 2.81. The average Bonchev–Trinajstić information content (AvgIpc) is 2.57. The molecule has 0 spiro atoms. The molecule has 0 aliphatic carbocycles. The minimum Gasteiger partial charge on any atom is -0.144 e. The van der Waals surface area contributed by atoms with Crippen molar-refractivity contribution in [2.45, 2.75) is 27.2 Å². The molecule has 1 heterocycles. The zero-order chi connectivity index (χ0) is 8.53. The van der Waals surface area contributed by atoms with Gasteiger partial charge in [-0.05, 0) is 23.9 Å². The van der Waals surface area contributed by atoms with Gasteiger partial charge in [0.2, 0.25) is 0 Å². The van der Waals surface area contributed by atoms with Crippen LogP contribution >= 0.6 is 11.3 Å². The Morgan fingerprint density at radius 1 is 1.45 bits per heavy atom. The van der Waals surface area contributed by atoms with Gasteiger partial charge in [0.15, 0.2) is 0 Å². The van der Waals surface area contributed by atoms with Gasteiger partial charge in [-0.1, -0.05) is 32.9 Å². The van der Waals surface area contributed by atoms with Crippen molar-refractivity contribution >= 4 is 17.4 Å². The van der Waals surface area contributed by atoms with Crippen molar-refractivity contribution in [3.05, 3.63) is 28.5 Å². The Morgan fingerprint density at radius 2 is 2.18 bits per heavy atom. The van der Waals surface area contributed by atoms with Gasteiger partial charge >= 0.3 is 0 Å². The Balaban J connectivity index is 0.000000461. The van der Waals surface area contributed by atoms with Gasteiger partial charge in [0.25, 0.3) is 0 Å². The Bertz CT molecular complexity index is 173. The van der Waals surface area contributed by atoms with Gasteiger partial charge in [-0.3, -0.25) is 0 Å². The molecule has 0 fully saturated rings. The lowest BCUT2D eigenvalue weighted by Gasteiger charge is -1.78. The van der Waals surface area contributed by atoms with Crippen LogP contribution in [0.15, 0.2) is 23.6 Å². The summed E-state index contributed by atoms with van der Waals surface area (Å²) in [5.41, 5.74) is 0. The SMILES string of the molecule is CC.CC/C=C\c1cccs1. The number of allylic oxidation sites excluding steroid dienone is 1. The van der Waals surface area contributed by atoms with Gasteiger partial charge in [-0.2, -0.15) is 0 Å². The number of thiophene rings is 1. The van der Waals surface area contributed by atoms with E-state index in [1.165, 1.54) is 4.88 Å². The molecule has 0 atom stereocenters. The van der Waals surface area contributed by atoms with E-state index in [0.717, 1.165) is 6.42 Å². The number of hydrogen-bond donors (Lipinski definition) is 0. The van der Waals surface area contributed by atoms with Gasteiger partial charge in [-0.25, -0.2) is 0 Å². The highest BCUT2D eigenvalue weighted by atomic mass is 32.1. The fourth-order valence-corrected chi connectivity index (χ4v) is 1.27. The summed E-state index contributed by atoms with van der Waals surface area (Å²) in [5, 5.41) is 2.09. The van der Waals surface area contributed by atoms with Crippen molar-refractivity contribution in [3.8, 4) is 0 Å². The van der Waals surface area contributed by atoms with E-state index in [2.05, 4.69) is 36.6 Å². The number of rotatable bonds is 2. The van der Waals surface area contributed by atoms with Crippen LogP contribution in [0.3, 0.4) is 0 Å². The normalized spacial score (nSPS) is 9.36. The van der Waals surface area contributed by atoms with Gasteiger partial charge in [-0.15, -0.1) is 11.3 Å². The molecule has 0 N–H and O–H groups in total. The highest BCUT2D eigenvalue weighted by Crippen LogP contribution is 2.10. The standard InChI is InChI=1S/C8H10S.C2H6/c1-2-3-5-8-6-4-7-9-8;1-2/h3-7H,2H2,1H3;1-2H3/b5-3-;. The minimum absolute atomic E-state index is 1.12. The molecule has 0 saturated carbocycles. The molecule has 0 aromatic carbocycles. The lowest BCUT2D eigenvalue weighted by molar-refractivity contribution is 1.23. The first-order valence-corrected chi connectivity index (χ1v) is 5.01. The fourth-order valence-electron chi connectivity index (χ4n) is 0.620. The molecule has 0 radical (unpaired) electrons. The second-order valence-electron chi connectivity index (χ2n) is 1.83. The third-order valence-corrected chi connectivity index (χ3v) is 1.90. The summed E-state index contributed by atoms with van der Waals surface area (Å²) < 4.78 is 0. The summed E-state index contributed by atoms with van der Waals surface area (Å²) in [4.78, 5) is 1.34. The molecule has 1 aromatic heterocycles. The van der Waals surface area contributed by atoms with Crippen LogP contribution in [0, 0.1) is 0 Å². The lowest BCUT2D eigenvalue weighted by atomic mass is 10.4. The van der Waals surface area contributed by atoms with Crippen LogP contribution in [0.1, 0.15) is 32.1 Å². The maximum atomic E-state index is 2.17. The Labute approximate surface area is 73.6 Å². The van der Waals surface area contributed by atoms with Crippen molar-refractivity contribution in [2.75, 3.05) is 0 Å². The summed E-state index contributed by atoms with van der Waals surface area (Å²) in [6.45, 7) is 6.14. The fraction of sp³-hybridized carbons (Fsp3) is 0.400. The molecule has 0 saturated heterocycles. The Hall–Kier alpha value is -0.560. The van der Waals surface area contributed by atoms with Crippen LogP contribution in [-0.2, 0) is 0 Å². The van der Waals surface area contributed by atoms with Crippen molar-refractivity contribution < 1.29 is 0 Å². The molecule has 0 bridgehead atoms. The van der Waals surface area contributed by atoms with E-state index < -0.39 is 0 Å². The predicted octanol–water partition coefficient (Wildman–Crippen LogP) is 4.20. The molecule has 62 valence electrons. The summed E-state index contributed by atoms with van der Waals surface area (Å²) in [6.07, 6.45) is 5.45. The second kappa shape index (κ2) is 7.55. The van der Waals surface area contributed by atoms with E-state index in [-0.39, 0.29) is 0 Å². The highest BCUT2D eigenvalue weighted by molar-refractivity contribution is 7.10. The quantitative estimate of drug-likeness (QED) is 0.621. The van der Waals surface area contributed by atoms with Crippen molar-refractivity contribution in [3.63, 3.8) is 0 Å². The lowest BCUT2D eigenvalue weighted by Crippen LogP contribution is -1.54. The molecule has 1 rings (SSSR count). The summed E-state index contributed by atoms with van der Waals surface area (Å²) >= 11 is 1.78. The van der Waals surface area contributed by atoms with Crippen LogP contribution in [0.2, 0.25) is 0 Å². The zero-order valence-corrected chi connectivity index (χ0v) is 8.32. The van der Waals surface area contributed by atoms with E-state index in [1.54, 1.807) is 11.3 Å². The third-order valence-electron chi connectivity index (χ3n) is 1.06. The maximum Gasteiger partial charge on any atom is 0.0267 e. The van der Waals surface area contributed by atoms with Crippen LogP contribution in [0.5, 0.6) is 0 Å². The molecule has 1 aromatic rings. The number of hydrogen-bond acceptors (Lipinski definition) is 1. The Kier molecular flexibility index (Phi) is 7.16. The van der Waals surface area contributed by atoms with E-state index >= 15 is 0 Å². The first-order chi connectivity index (χ1) is 5.43. The van der Waals surface area contributed by atoms with E-state index in [1.807, 2.05) is 13.8 Å². The van der Waals surface area contributed by atoms with E-state index in [4.69, 9.17) is 0 Å². The van der Waals surface area contributed by atoms with Gasteiger partial charge in [0.1, 0.15) is 0 Å². The van der Waals surface area contributed by atoms with Crippen LogP contribution < -0.4 is 0 Å².